The molecule has 1 aromatic heterocycles. The normalized spacial score (nSPS) is 42.6. The number of ether oxygens (including phenoxy) is 1. The third kappa shape index (κ3) is 2.47. The summed E-state index contributed by atoms with van der Waals surface area (Å²) in [6.07, 6.45) is 18.3. The highest BCUT2D eigenvalue weighted by atomic mass is 16.5. The molecule has 0 radical (unpaired) electrons. The smallest absolute Gasteiger partial charge is 0.0975 e. The molecule has 5 atom stereocenters. The van der Waals surface area contributed by atoms with Crippen LogP contribution in [-0.4, -0.2) is 22.2 Å². The van der Waals surface area contributed by atoms with Crippen LogP contribution >= 0.6 is 0 Å². The van der Waals surface area contributed by atoms with E-state index in [1.165, 1.54) is 42.4 Å². The maximum atomic E-state index is 7.21. The van der Waals surface area contributed by atoms with E-state index in [0.717, 1.165) is 32.2 Å². The second kappa shape index (κ2) is 6.15. The molecule has 0 amide bonds. The molecular weight excluding hydrogens is 356 g/mol. The van der Waals surface area contributed by atoms with Crippen molar-refractivity contribution in [2.24, 2.45) is 11.3 Å². The molecule has 3 nitrogen and oxygen atoms in total. The summed E-state index contributed by atoms with van der Waals surface area (Å²) in [6.45, 7) is 7.74. The lowest BCUT2D eigenvalue weighted by atomic mass is 9.60. The summed E-state index contributed by atoms with van der Waals surface area (Å²) in [4.78, 5) is 4.27. The number of rotatable bonds is 3. The maximum absolute atomic E-state index is 7.21. The number of nitrogens with zero attached hydrogens (tertiary/aromatic N) is 1. The maximum Gasteiger partial charge on any atom is 0.0975 e. The predicted octanol–water partition coefficient (Wildman–Crippen LogP) is 5.25. The Hall–Kier alpha value is -1.71. The van der Waals surface area contributed by atoms with Gasteiger partial charge in [0.15, 0.2) is 0 Å². The van der Waals surface area contributed by atoms with Crippen molar-refractivity contribution in [1.82, 2.24) is 10.3 Å². The first-order valence-electron chi connectivity index (χ1n) is 11.4. The number of pyridine rings is 1. The second-order valence-electron chi connectivity index (χ2n) is 10.4. The molecule has 5 aliphatic rings. The zero-order valence-electron chi connectivity index (χ0n) is 17.5. The van der Waals surface area contributed by atoms with Crippen LogP contribution in [0.4, 0.5) is 0 Å². The van der Waals surface area contributed by atoms with Gasteiger partial charge in [0.2, 0.25) is 0 Å². The van der Waals surface area contributed by atoms with Crippen molar-refractivity contribution in [3.8, 4) is 0 Å². The molecule has 2 spiro atoms. The third-order valence-corrected chi connectivity index (χ3v) is 8.90. The second-order valence-corrected chi connectivity index (χ2v) is 10.4. The highest BCUT2D eigenvalue weighted by Crippen LogP contribution is 2.66. The number of fused-ring (bicyclic) bond motifs is 1. The highest BCUT2D eigenvalue weighted by molar-refractivity contribution is 5.48. The lowest BCUT2D eigenvalue weighted by molar-refractivity contribution is -0.130. The monoisotopic (exact) mass is 388 g/mol. The van der Waals surface area contributed by atoms with Crippen molar-refractivity contribution >= 4 is 0 Å². The minimum Gasteiger partial charge on any atom is -0.359 e. The van der Waals surface area contributed by atoms with Gasteiger partial charge in [-0.2, -0.15) is 0 Å². The van der Waals surface area contributed by atoms with Crippen LogP contribution in [0.2, 0.25) is 0 Å². The van der Waals surface area contributed by atoms with Crippen LogP contribution in [-0.2, 0) is 11.3 Å². The molecule has 2 unspecified atom stereocenters. The first kappa shape index (κ1) is 18.1. The molecule has 0 aromatic carbocycles. The minimum atomic E-state index is -0.0567. The molecular formula is C26H32N2O. The molecule has 1 N–H and O–H groups in total. The lowest BCUT2D eigenvalue weighted by Crippen LogP contribution is -2.55. The quantitative estimate of drug-likeness (QED) is 0.718. The Balaban J connectivity index is 1.31. The fraction of sp³-hybridized carbons (Fsp3) is 0.577. The SMILES string of the molecule is C=C1CCC2=CC3=CCC4(C)C(NCc5cccnc5)CC[C@H]4[C@@]34CC[C@]2(C1)O4. The Morgan fingerprint density at radius 1 is 1.28 bits per heavy atom. The number of aromatic nitrogens is 1. The van der Waals surface area contributed by atoms with Gasteiger partial charge in [-0.05, 0) is 79.1 Å². The Morgan fingerprint density at radius 2 is 2.21 bits per heavy atom. The average Bonchev–Trinajstić information content (AvgIpc) is 3.22. The summed E-state index contributed by atoms with van der Waals surface area (Å²) >= 11 is 0. The van der Waals surface area contributed by atoms with Gasteiger partial charge >= 0.3 is 0 Å². The fourth-order valence-corrected chi connectivity index (χ4v) is 7.42. The van der Waals surface area contributed by atoms with Gasteiger partial charge in [0.25, 0.3) is 0 Å². The van der Waals surface area contributed by atoms with Gasteiger partial charge in [-0.3, -0.25) is 4.98 Å². The van der Waals surface area contributed by atoms with Crippen LogP contribution in [0.1, 0.15) is 63.9 Å². The number of allylic oxidation sites excluding steroid dienone is 1. The molecule has 6 rings (SSSR count). The van der Waals surface area contributed by atoms with E-state index in [4.69, 9.17) is 4.74 Å². The molecule has 3 heteroatoms. The molecule has 152 valence electrons. The van der Waals surface area contributed by atoms with Crippen molar-refractivity contribution in [2.45, 2.75) is 82.1 Å². The summed E-state index contributed by atoms with van der Waals surface area (Å²) in [6, 6.07) is 4.73. The highest BCUT2D eigenvalue weighted by Gasteiger charge is 2.66. The van der Waals surface area contributed by atoms with Crippen molar-refractivity contribution in [2.75, 3.05) is 0 Å². The van der Waals surface area contributed by atoms with Crippen LogP contribution in [0.3, 0.4) is 0 Å². The number of hydrogen-bond acceptors (Lipinski definition) is 3. The Labute approximate surface area is 174 Å². The van der Waals surface area contributed by atoms with E-state index >= 15 is 0 Å². The molecule has 1 saturated heterocycles. The summed E-state index contributed by atoms with van der Waals surface area (Å²) in [5.74, 6) is 0.605. The molecule has 3 heterocycles. The van der Waals surface area contributed by atoms with Gasteiger partial charge < -0.3 is 10.1 Å². The van der Waals surface area contributed by atoms with E-state index < -0.39 is 0 Å². The summed E-state index contributed by atoms with van der Waals surface area (Å²) in [7, 11) is 0. The van der Waals surface area contributed by atoms with E-state index in [1.54, 1.807) is 5.57 Å². The molecule has 1 aromatic rings. The molecule has 2 bridgehead atoms. The van der Waals surface area contributed by atoms with E-state index in [9.17, 15) is 0 Å². The average molecular weight is 389 g/mol. The van der Waals surface area contributed by atoms with Crippen molar-refractivity contribution in [3.05, 3.63) is 65.5 Å². The molecule has 3 fully saturated rings. The first-order chi connectivity index (χ1) is 14.0. The van der Waals surface area contributed by atoms with Crippen LogP contribution in [0.15, 0.2) is 60.0 Å². The number of hydrogen-bond donors (Lipinski definition) is 1. The van der Waals surface area contributed by atoms with Crippen molar-refractivity contribution < 1.29 is 4.74 Å². The van der Waals surface area contributed by atoms with Gasteiger partial charge in [-0.25, -0.2) is 0 Å². The van der Waals surface area contributed by atoms with Gasteiger partial charge in [0.05, 0.1) is 11.2 Å². The minimum absolute atomic E-state index is 0.0356. The summed E-state index contributed by atoms with van der Waals surface area (Å²) < 4.78 is 7.21. The standard InChI is InChI=1S/C26H32N2O/c1-18-5-6-20-14-21-9-10-24(2)22(26(21)12-11-25(20,15-18)29-26)7-8-23(24)28-17-19-4-3-13-27-16-19/h3-4,9,13-14,16,22-23,28H,1,5-8,10-12,15,17H2,2H3/t22-,23?,24?,25-,26-/m1/s1. The van der Waals surface area contributed by atoms with Crippen molar-refractivity contribution in [3.63, 3.8) is 0 Å². The Morgan fingerprint density at radius 3 is 3.07 bits per heavy atom. The Kier molecular flexibility index (Phi) is 3.84. The zero-order chi connectivity index (χ0) is 19.7. The fourth-order valence-electron chi connectivity index (χ4n) is 7.42. The van der Waals surface area contributed by atoms with Gasteiger partial charge in [0.1, 0.15) is 0 Å². The van der Waals surface area contributed by atoms with Crippen molar-refractivity contribution in [1.29, 1.82) is 0 Å². The van der Waals surface area contributed by atoms with Crippen LogP contribution in [0.5, 0.6) is 0 Å². The largest absolute Gasteiger partial charge is 0.359 e. The van der Waals surface area contributed by atoms with Crippen LogP contribution < -0.4 is 5.32 Å². The predicted molar refractivity (Wildman–Crippen MR) is 115 cm³/mol. The summed E-state index contributed by atoms with van der Waals surface area (Å²) in [5.41, 5.74) is 5.87. The van der Waals surface area contributed by atoms with E-state index in [0.29, 0.717) is 12.0 Å². The van der Waals surface area contributed by atoms with E-state index in [2.05, 4.69) is 42.0 Å². The number of nitrogens with one attached hydrogen (secondary N) is 1. The molecule has 2 saturated carbocycles. The molecule has 29 heavy (non-hydrogen) atoms. The lowest BCUT2D eigenvalue weighted by Gasteiger charge is -2.54. The van der Waals surface area contributed by atoms with Gasteiger partial charge in [-0.15, -0.1) is 0 Å². The van der Waals surface area contributed by atoms with E-state index in [-0.39, 0.29) is 16.6 Å². The van der Waals surface area contributed by atoms with Gasteiger partial charge in [0, 0.05) is 31.4 Å². The van der Waals surface area contributed by atoms with Crippen LogP contribution in [0.25, 0.3) is 0 Å². The molecule has 3 aliphatic carbocycles. The Bertz CT molecular complexity index is 918. The van der Waals surface area contributed by atoms with E-state index in [1.807, 2.05) is 18.5 Å². The third-order valence-electron chi connectivity index (χ3n) is 8.90. The zero-order valence-corrected chi connectivity index (χ0v) is 17.5. The summed E-state index contributed by atoms with van der Waals surface area (Å²) in [5, 5.41) is 3.90. The first-order valence-corrected chi connectivity index (χ1v) is 11.4. The molecule has 2 aliphatic heterocycles. The van der Waals surface area contributed by atoms with Gasteiger partial charge in [-0.1, -0.05) is 37.3 Å². The topological polar surface area (TPSA) is 34.2 Å². The van der Waals surface area contributed by atoms with Crippen LogP contribution in [0, 0.1) is 11.3 Å².